The van der Waals surface area contributed by atoms with Crippen LogP contribution in [0.4, 0.5) is 16.2 Å². The summed E-state index contributed by atoms with van der Waals surface area (Å²) in [7, 11) is -3.53. The van der Waals surface area contributed by atoms with Gasteiger partial charge in [0, 0.05) is 6.07 Å². The number of nitrogens with one attached hydrogen (secondary N) is 2. The van der Waals surface area contributed by atoms with Crippen molar-refractivity contribution in [3.63, 3.8) is 0 Å². The van der Waals surface area contributed by atoms with Crippen LogP contribution in [-0.2, 0) is 14.9 Å². The van der Waals surface area contributed by atoms with Crippen molar-refractivity contribution in [1.82, 2.24) is 4.72 Å². The minimum Gasteiger partial charge on any atom is -0.505 e. The van der Waals surface area contributed by atoms with Gasteiger partial charge in [-0.05, 0) is 6.07 Å². The molecule has 11 heteroatoms. The number of hydrogen-bond donors (Lipinski definition) is 3. The number of phenolic OH excluding ortho intramolecular Hbond substituents is 1. The predicted octanol–water partition coefficient (Wildman–Crippen LogP) is 0.313. The van der Waals surface area contributed by atoms with Crippen molar-refractivity contribution in [2.75, 3.05) is 11.8 Å². The fourth-order valence-corrected chi connectivity index (χ4v) is 1.93. The Morgan fingerprint density at radius 3 is 2.63 bits per heavy atom. The average molecular weight is 291 g/mol. The molecule has 1 aromatic carbocycles. The highest BCUT2D eigenvalue weighted by molar-refractivity contribution is 7.91. The Labute approximate surface area is 107 Å². The van der Waals surface area contributed by atoms with Crippen molar-refractivity contribution in [2.24, 2.45) is 0 Å². The number of nitro benzene ring substituents is 1. The van der Waals surface area contributed by atoms with Crippen LogP contribution in [-0.4, -0.2) is 31.7 Å². The maximum Gasteiger partial charge on any atom is 0.422 e. The number of carbonyl (C=O) groups excluding carboxylic acids is 1. The Hall–Kier alpha value is -2.56. The molecule has 104 valence electrons. The molecule has 0 atom stereocenters. The first-order chi connectivity index (χ1) is 8.76. The van der Waals surface area contributed by atoms with E-state index in [9.17, 15) is 28.4 Å². The summed E-state index contributed by atoms with van der Waals surface area (Å²) in [5.74, 6) is -0.663. The number of hydrogen-bond acceptors (Lipinski definition) is 7. The quantitative estimate of drug-likeness (QED) is 0.410. The number of ether oxygens (including phenoxy) is 1. The van der Waals surface area contributed by atoms with Gasteiger partial charge in [0.1, 0.15) is 5.75 Å². The molecule has 0 aliphatic heterocycles. The van der Waals surface area contributed by atoms with Crippen LogP contribution in [0.3, 0.4) is 0 Å². The molecule has 1 amide bonds. The fourth-order valence-electron chi connectivity index (χ4n) is 1.10. The highest BCUT2D eigenvalue weighted by Gasteiger charge is 2.23. The van der Waals surface area contributed by atoms with Crippen molar-refractivity contribution in [1.29, 1.82) is 0 Å². The predicted molar refractivity (Wildman–Crippen MR) is 62.8 cm³/mol. The van der Waals surface area contributed by atoms with Gasteiger partial charge in [0.2, 0.25) is 0 Å². The highest BCUT2D eigenvalue weighted by atomic mass is 32.2. The molecule has 10 nitrogen and oxygen atoms in total. The second-order valence-corrected chi connectivity index (χ2v) is 4.54. The molecule has 0 aliphatic rings. The zero-order valence-electron chi connectivity index (χ0n) is 9.48. The zero-order chi connectivity index (χ0) is 14.6. The zero-order valence-corrected chi connectivity index (χ0v) is 10.3. The van der Waals surface area contributed by atoms with Crippen LogP contribution in [0, 0.1) is 10.1 Å². The van der Waals surface area contributed by atoms with Gasteiger partial charge in [0.25, 0.3) is 5.69 Å². The number of nitro groups is 1. The van der Waals surface area contributed by atoms with E-state index in [1.54, 1.807) is 4.72 Å². The summed E-state index contributed by atoms with van der Waals surface area (Å²) in [6.07, 6.45) is -1.29. The number of carbonyl (C=O) groups is 1. The Morgan fingerprint density at radius 1 is 1.47 bits per heavy atom. The van der Waals surface area contributed by atoms with E-state index in [1.807, 2.05) is 0 Å². The van der Waals surface area contributed by atoms with Gasteiger partial charge in [-0.25, -0.2) is 9.52 Å². The molecule has 0 spiro atoms. The van der Waals surface area contributed by atoms with Gasteiger partial charge in [0.05, 0.1) is 12.0 Å². The Balaban J connectivity index is 3.12. The largest absolute Gasteiger partial charge is 0.505 e. The molecule has 19 heavy (non-hydrogen) atoms. The molecule has 0 aliphatic carbocycles. The lowest BCUT2D eigenvalue weighted by Crippen LogP contribution is -2.35. The number of rotatable bonds is 4. The summed E-state index contributed by atoms with van der Waals surface area (Å²) < 4.78 is 30.0. The molecular weight excluding hydrogens is 282 g/mol. The number of nitrogens with zero attached hydrogens (tertiary/aromatic N) is 1. The van der Waals surface area contributed by atoms with Crippen LogP contribution in [0.25, 0.3) is 0 Å². The second-order valence-electron chi connectivity index (χ2n) is 3.13. The van der Waals surface area contributed by atoms with Crippen LogP contribution in [0.15, 0.2) is 18.2 Å². The lowest BCUT2D eigenvalue weighted by Gasteiger charge is -2.09. The van der Waals surface area contributed by atoms with Crippen LogP contribution in [0.5, 0.6) is 5.75 Å². The summed E-state index contributed by atoms with van der Waals surface area (Å²) >= 11 is 0. The normalized spacial score (nSPS) is 10.6. The van der Waals surface area contributed by atoms with Gasteiger partial charge in [-0.1, -0.05) is 6.07 Å². The van der Waals surface area contributed by atoms with E-state index in [0.29, 0.717) is 0 Å². The van der Waals surface area contributed by atoms with Gasteiger partial charge in [-0.3, -0.25) is 14.8 Å². The summed E-state index contributed by atoms with van der Waals surface area (Å²) in [5.41, 5.74) is -1.33. The molecule has 0 aromatic heterocycles. The number of benzene rings is 1. The molecule has 3 N–H and O–H groups in total. The first-order valence-electron chi connectivity index (χ1n) is 4.61. The van der Waals surface area contributed by atoms with Crippen LogP contribution < -0.4 is 9.44 Å². The summed E-state index contributed by atoms with van der Waals surface area (Å²) in [6, 6.07) is 3.19. The number of methoxy groups -OCH3 is 1. The minimum absolute atomic E-state index is 0.663. The van der Waals surface area contributed by atoms with E-state index in [4.69, 9.17) is 0 Å². The smallest absolute Gasteiger partial charge is 0.422 e. The third kappa shape index (κ3) is 3.70. The standard InChI is InChI=1S/C8H9N3O7S/c1-18-8(13)10-19(16,17)9-7-5(11(14)15)3-2-4-6(7)12/h2-4,9,12H,1H3,(H,10,13). The van der Waals surface area contributed by atoms with E-state index >= 15 is 0 Å². The summed E-state index contributed by atoms with van der Waals surface area (Å²) in [4.78, 5) is 20.6. The number of phenols is 1. The highest BCUT2D eigenvalue weighted by Crippen LogP contribution is 2.33. The monoisotopic (exact) mass is 291 g/mol. The molecule has 1 rings (SSSR count). The third-order valence-corrected chi connectivity index (χ3v) is 2.76. The minimum atomic E-state index is -4.46. The lowest BCUT2D eigenvalue weighted by atomic mass is 10.2. The summed E-state index contributed by atoms with van der Waals surface area (Å²) in [5, 5.41) is 20.1. The van der Waals surface area contributed by atoms with Gasteiger partial charge in [0.15, 0.2) is 5.69 Å². The van der Waals surface area contributed by atoms with Crippen LogP contribution >= 0.6 is 0 Å². The van der Waals surface area contributed by atoms with Gasteiger partial charge in [-0.2, -0.15) is 8.42 Å². The molecule has 0 saturated carbocycles. The molecule has 0 heterocycles. The van der Waals surface area contributed by atoms with Gasteiger partial charge < -0.3 is 9.84 Å². The Bertz CT molecular complexity index is 613. The topological polar surface area (TPSA) is 148 Å². The summed E-state index contributed by atoms with van der Waals surface area (Å²) in [6.45, 7) is 0. The van der Waals surface area contributed by atoms with Crippen LogP contribution in [0.1, 0.15) is 0 Å². The van der Waals surface area contributed by atoms with E-state index in [2.05, 4.69) is 4.74 Å². The Kier molecular flexibility index (Phi) is 4.11. The van der Waals surface area contributed by atoms with E-state index in [0.717, 1.165) is 19.2 Å². The lowest BCUT2D eigenvalue weighted by molar-refractivity contribution is -0.383. The van der Waals surface area contributed by atoms with Gasteiger partial charge in [-0.15, -0.1) is 0 Å². The second kappa shape index (κ2) is 5.39. The van der Waals surface area contributed by atoms with E-state index < -0.39 is 38.4 Å². The fraction of sp³-hybridized carbons (Fsp3) is 0.125. The van der Waals surface area contributed by atoms with Crippen molar-refractivity contribution in [3.05, 3.63) is 28.3 Å². The number of amides is 1. The van der Waals surface area contributed by atoms with Gasteiger partial charge >= 0.3 is 16.3 Å². The molecule has 0 bridgehead atoms. The van der Waals surface area contributed by atoms with Crippen molar-refractivity contribution in [2.45, 2.75) is 0 Å². The SMILES string of the molecule is COC(=O)NS(=O)(=O)Nc1c(O)cccc1[N+](=O)[O-]. The third-order valence-electron chi connectivity index (χ3n) is 1.86. The number of para-hydroxylation sites is 1. The average Bonchev–Trinajstić information content (AvgIpc) is 2.30. The van der Waals surface area contributed by atoms with Crippen molar-refractivity contribution in [3.8, 4) is 5.75 Å². The molecule has 0 saturated heterocycles. The van der Waals surface area contributed by atoms with E-state index in [1.165, 1.54) is 10.8 Å². The van der Waals surface area contributed by atoms with Crippen LogP contribution in [0.2, 0.25) is 0 Å². The number of anilines is 1. The van der Waals surface area contributed by atoms with Crippen molar-refractivity contribution >= 4 is 27.7 Å². The maximum absolute atomic E-state index is 11.4. The molecule has 0 fully saturated rings. The molecule has 0 unspecified atom stereocenters. The molecule has 0 radical (unpaired) electrons. The van der Waals surface area contributed by atoms with E-state index in [-0.39, 0.29) is 0 Å². The van der Waals surface area contributed by atoms with Crippen molar-refractivity contribution < 1.29 is 28.0 Å². The molecular formula is C8H9N3O7S. The first-order valence-corrected chi connectivity index (χ1v) is 6.10. The molecule has 1 aromatic rings. The Morgan fingerprint density at radius 2 is 2.11 bits per heavy atom. The number of aromatic hydroxyl groups is 1. The first kappa shape index (κ1) is 14.5. The maximum atomic E-state index is 11.4.